The van der Waals surface area contributed by atoms with Gasteiger partial charge in [-0.25, -0.2) is 14.2 Å². The molecule has 2 bridgehead atoms. The number of carboxylic acid groups (broad SMARTS) is 1. The van der Waals surface area contributed by atoms with Crippen molar-refractivity contribution >= 4 is 23.4 Å². The monoisotopic (exact) mass is 566 g/mol. The van der Waals surface area contributed by atoms with Gasteiger partial charge in [-0.3, -0.25) is 9.36 Å². The number of halogens is 5. The second-order valence-electron chi connectivity index (χ2n) is 8.69. The highest BCUT2D eigenvalue weighted by Crippen LogP contribution is 2.40. The fourth-order valence-electron chi connectivity index (χ4n) is 4.28. The molecule has 1 aliphatic heterocycles. The van der Waals surface area contributed by atoms with Crippen LogP contribution in [-0.2, 0) is 24.8 Å². The molecule has 3 N–H and O–H groups in total. The number of nitrogen functional groups attached to an aromatic ring is 1. The summed E-state index contributed by atoms with van der Waals surface area (Å²) in [7, 11) is 1.86. The molecule has 5 rings (SSSR count). The molecule has 0 amide bonds. The number of benzene rings is 1. The Labute approximate surface area is 224 Å². The van der Waals surface area contributed by atoms with E-state index in [0.717, 1.165) is 33.6 Å². The third-order valence-electron chi connectivity index (χ3n) is 5.98. The molecular formula is C25H23ClF4N6O3. The van der Waals surface area contributed by atoms with Crippen molar-refractivity contribution in [2.24, 2.45) is 7.05 Å². The van der Waals surface area contributed by atoms with Gasteiger partial charge in [-0.05, 0) is 38.1 Å². The molecule has 0 saturated carbocycles. The number of anilines is 1. The number of alkyl halides is 3. The lowest BCUT2D eigenvalue weighted by atomic mass is 9.94. The summed E-state index contributed by atoms with van der Waals surface area (Å²) in [5.74, 6) is -2.44. The summed E-state index contributed by atoms with van der Waals surface area (Å²) in [6.45, 7) is 4.50. The van der Waals surface area contributed by atoms with Crippen LogP contribution in [0, 0.1) is 5.82 Å². The van der Waals surface area contributed by atoms with Crippen molar-refractivity contribution in [3.8, 4) is 28.3 Å². The van der Waals surface area contributed by atoms with Crippen molar-refractivity contribution in [3.05, 3.63) is 64.3 Å². The van der Waals surface area contributed by atoms with E-state index >= 15 is 0 Å². The van der Waals surface area contributed by atoms with E-state index < -0.39 is 18.2 Å². The van der Waals surface area contributed by atoms with E-state index in [9.17, 15) is 17.6 Å². The first kappa shape index (κ1) is 27.9. The van der Waals surface area contributed by atoms with Crippen LogP contribution < -0.4 is 10.5 Å². The molecular weight excluding hydrogens is 544 g/mol. The van der Waals surface area contributed by atoms with E-state index in [1.165, 1.54) is 12.1 Å². The Morgan fingerprint density at radius 3 is 2.62 bits per heavy atom. The van der Waals surface area contributed by atoms with E-state index in [1.54, 1.807) is 16.9 Å². The van der Waals surface area contributed by atoms with Gasteiger partial charge in [-0.1, -0.05) is 11.6 Å². The number of fused-ring (bicyclic) bond motifs is 7. The number of rotatable bonds is 1. The van der Waals surface area contributed by atoms with Crippen LogP contribution in [0.1, 0.15) is 36.6 Å². The summed E-state index contributed by atoms with van der Waals surface area (Å²) in [6, 6.07) is 6.48. The van der Waals surface area contributed by atoms with Gasteiger partial charge >= 0.3 is 12.1 Å². The summed E-state index contributed by atoms with van der Waals surface area (Å²) in [5, 5.41) is 16.8. The second-order valence-corrected chi connectivity index (χ2v) is 9.05. The number of pyridine rings is 1. The zero-order chi connectivity index (χ0) is 28.6. The predicted octanol–water partition coefficient (Wildman–Crippen LogP) is 5.42. The van der Waals surface area contributed by atoms with E-state index in [4.69, 9.17) is 37.1 Å². The van der Waals surface area contributed by atoms with Crippen LogP contribution >= 0.6 is 11.6 Å². The zero-order valence-corrected chi connectivity index (χ0v) is 21.7. The number of hydrogen-bond donors (Lipinski definition) is 2. The minimum Gasteiger partial charge on any atom is -0.482 e. The molecule has 0 radical (unpaired) electrons. The lowest BCUT2D eigenvalue weighted by Gasteiger charge is -2.21. The number of carbonyl (C=O) groups is 1. The second kappa shape index (κ2) is 10.6. The summed E-state index contributed by atoms with van der Waals surface area (Å²) < 4.78 is 55.8. The number of aliphatic carboxylic acids is 1. The van der Waals surface area contributed by atoms with Gasteiger partial charge in [0.2, 0.25) is 0 Å². The van der Waals surface area contributed by atoms with Gasteiger partial charge in [0.15, 0.2) is 16.7 Å². The molecule has 0 spiro atoms. The molecule has 1 aliphatic rings. The van der Waals surface area contributed by atoms with Gasteiger partial charge in [0.05, 0.1) is 11.4 Å². The number of nitrogens with zero attached hydrogens (tertiary/aromatic N) is 5. The molecule has 1 atom stereocenters. The fraction of sp³-hybridized carbons (Fsp3) is 0.280. The van der Waals surface area contributed by atoms with Crippen LogP contribution in [0.3, 0.4) is 0 Å². The topological polar surface area (TPSA) is 121 Å². The SMILES string of the molecule is CCn1nc(Cl)c2c1-c1cnc(N)c(c1)O[C@H](C)c1cc(F)ccc1-c1nn(C)cc1C2.O=C(O)C(F)(F)F. The quantitative estimate of drug-likeness (QED) is 0.295. The first-order valence-corrected chi connectivity index (χ1v) is 12.0. The molecule has 39 heavy (non-hydrogen) atoms. The number of hydrogen-bond acceptors (Lipinski definition) is 6. The maximum absolute atomic E-state index is 14.2. The average molecular weight is 567 g/mol. The van der Waals surface area contributed by atoms with Gasteiger partial charge in [0.25, 0.3) is 0 Å². The first-order chi connectivity index (χ1) is 18.3. The highest BCUT2D eigenvalue weighted by Gasteiger charge is 2.38. The van der Waals surface area contributed by atoms with Crippen LogP contribution in [0.15, 0.2) is 36.7 Å². The van der Waals surface area contributed by atoms with Gasteiger partial charge in [-0.15, -0.1) is 0 Å². The van der Waals surface area contributed by atoms with E-state index in [1.807, 2.05) is 37.8 Å². The third kappa shape index (κ3) is 5.67. The molecule has 1 aromatic carbocycles. The number of carboxylic acids is 1. The lowest BCUT2D eigenvalue weighted by Crippen LogP contribution is -2.21. The minimum atomic E-state index is -5.08. The van der Waals surface area contributed by atoms with Gasteiger partial charge in [0, 0.05) is 60.2 Å². The van der Waals surface area contributed by atoms with Gasteiger partial charge in [0.1, 0.15) is 11.9 Å². The van der Waals surface area contributed by atoms with Crippen LogP contribution in [0.4, 0.5) is 23.4 Å². The smallest absolute Gasteiger partial charge is 0.482 e. The van der Waals surface area contributed by atoms with E-state index in [0.29, 0.717) is 29.4 Å². The molecule has 14 heteroatoms. The maximum Gasteiger partial charge on any atom is 0.490 e. The van der Waals surface area contributed by atoms with Gasteiger partial charge in [-0.2, -0.15) is 23.4 Å². The summed E-state index contributed by atoms with van der Waals surface area (Å²) in [6.07, 6.45) is -1.42. The molecule has 0 saturated heterocycles. The summed E-state index contributed by atoms with van der Waals surface area (Å²) in [4.78, 5) is 13.2. The van der Waals surface area contributed by atoms with E-state index in [2.05, 4.69) is 10.1 Å². The highest BCUT2D eigenvalue weighted by molar-refractivity contribution is 6.30. The lowest BCUT2D eigenvalue weighted by molar-refractivity contribution is -0.192. The molecule has 206 valence electrons. The highest BCUT2D eigenvalue weighted by atomic mass is 35.5. The van der Waals surface area contributed by atoms with Crippen molar-refractivity contribution in [1.82, 2.24) is 24.5 Å². The fourth-order valence-corrected chi connectivity index (χ4v) is 4.53. The average Bonchev–Trinajstić information content (AvgIpc) is 3.38. The number of ether oxygens (including phenoxy) is 1. The largest absolute Gasteiger partial charge is 0.490 e. The predicted molar refractivity (Wildman–Crippen MR) is 135 cm³/mol. The number of nitrogens with two attached hydrogens (primary N) is 1. The first-order valence-electron chi connectivity index (χ1n) is 11.6. The molecule has 0 aliphatic carbocycles. The Balaban J connectivity index is 0.000000448. The maximum atomic E-state index is 14.2. The summed E-state index contributed by atoms with van der Waals surface area (Å²) >= 11 is 6.61. The van der Waals surface area contributed by atoms with Crippen molar-refractivity contribution in [2.45, 2.75) is 39.1 Å². The number of aryl methyl sites for hydroxylation is 2. The number of aromatic nitrogens is 5. The van der Waals surface area contributed by atoms with Gasteiger partial charge < -0.3 is 15.6 Å². The molecule has 3 aromatic heterocycles. The standard InChI is InChI=1S/C23H22ClFN6O.C2HF3O2/c1-4-31-21-13-8-19(23(26)27-10-13)32-12(2)17-9-15(25)5-6-16(17)20-14(11-30(3)28-20)7-18(21)22(24)29-31;3-2(4,5)1(6)7/h5-6,8-12H,4,7H2,1-3H3,(H2,26,27);(H,6,7)/t12-;/m1./s1. The Hall–Kier alpha value is -4.13. The Morgan fingerprint density at radius 2 is 1.97 bits per heavy atom. The normalized spacial score (nSPS) is 14.4. The Morgan fingerprint density at radius 1 is 1.28 bits per heavy atom. The van der Waals surface area contributed by atoms with Crippen molar-refractivity contribution in [1.29, 1.82) is 0 Å². The van der Waals surface area contributed by atoms with Crippen LogP contribution in [0.2, 0.25) is 5.15 Å². The Bertz CT molecular complexity index is 1550. The molecule has 4 heterocycles. The van der Waals surface area contributed by atoms with Crippen LogP contribution in [-0.4, -0.2) is 41.8 Å². The Kier molecular flexibility index (Phi) is 7.55. The minimum absolute atomic E-state index is 0.254. The van der Waals surface area contributed by atoms with Crippen molar-refractivity contribution in [3.63, 3.8) is 0 Å². The summed E-state index contributed by atoms with van der Waals surface area (Å²) in [5.41, 5.74) is 11.8. The van der Waals surface area contributed by atoms with Crippen LogP contribution in [0.25, 0.3) is 22.5 Å². The zero-order valence-electron chi connectivity index (χ0n) is 20.9. The van der Waals surface area contributed by atoms with E-state index in [-0.39, 0.29) is 11.6 Å². The van der Waals surface area contributed by atoms with Crippen molar-refractivity contribution in [2.75, 3.05) is 5.73 Å². The van der Waals surface area contributed by atoms with Crippen LogP contribution in [0.5, 0.6) is 5.75 Å². The third-order valence-corrected chi connectivity index (χ3v) is 6.28. The molecule has 0 unspecified atom stereocenters. The molecule has 4 aromatic rings. The molecule has 9 nitrogen and oxygen atoms in total. The molecule has 0 fully saturated rings. The van der Waals surface area contributed by atoms with Crippen molar-refractivity contribution < 1.29 is 32.2 Å².